The van der Waals surface area contributed by atoms with Crippen LogP contribution in [0.25, 0.3) is 0 Å². The molecule has 0 bridgehead atoms. The molecule has 0 aromatic heterocycles. The first-order chi connectivity index (χ1) is 11.3. The van der Waals surface area contributed by atoms with E-state index in [2.05, 4.69) is 15.5 Å². The number of nitrogens with zero attached hydrogens (tertiary/aromatic N) is 2. The first kappa shape index (κ1) is 18.8. The minimum atomic E-state index is -0.508. The van der Waals surface area contributed by atoms with E-state index >= 15 is 0 Å². The number of likely N-dealkylation sites (tertiary alicyclic amines) is 2. The van der Waals surface area contributed by atoms with Gasteiger partial charge in [-0.25, -0.2) is 9.59 Å². The van der Waals surface area contributed by atoms with E-state index in [9.17, 15) is 9.59 Å². The van der Waals surface area contributed by atoms with Crippen LogP contribution in [0.2, 0.25) is 0 Å². The molecular weight excluding hydrogens is 308 g/mol. The molecule has 24 heavy (non-hydrogen) atoms. The lowest BCUT2D eigenvalue weighted by Crippen LogP contribution is -2.52. The van der Waals surface area contributed by atoms with Gasteiger partial charge in [-0.3, -0.25) is 4.90 Å². The highest BCUT2D eigenvalue weighted by Gasteiger charge is 2.29. The summed E-state index contributed by atoms with van der Waals surface area (Å²) in [5, 5.41) is 5.53. The van der Waals surface area contributed by atoms with Crippen molar-refractivity contribution in [2.24, 2.45) is 0 Å². The van der Waals surface area contributed by atoms with Gasteiger partial charge in [-0.2, -0.15) is 0 Å². The van der Waals surface area contributed by atoms with E-state index in [1.165, 1.54) is 32.4 Å². The third-order valence-electron chi connectivity index (χ3n) is 4.41. The van der Waals surface area contributed by atoms with Crippen LogP contribution in [0.15, 0.2) is 0 Å². The van der Waals surface area contributed by atoms with Crippen LogP contribution < -0.4 is 10.6 Å². The number of hydrogen-bond donors (Lipinski definition) is 2. The van der Waals surface area contributed by atoms with Gasteiger partial charge in [-0.15, -0.1) is 0 Å². The molecule has 7 heteroatoms. The lowest BCUT2D eigenvalue weighted by Gasteiger charge is -2.37. The Morgan fingerprint density at radius 1 is 1.04 bits per heavy atom. The molecule has 2 fully saturated rings. The average molecular weight is 340 g/mol. The maximum Gasteiger partial charge on any atom is 0.407 e. The van der Waals surface area contributed by atoms with Crippen molar-refractivity contribution >= 4 is 12.1 Å². The number of hydrogen-bond acceptors (Lipinski definition) is 4. The summed E-state index contributed by atoms with van der Waals surface area (Å²) in [6.45, 7) is 10.2. The van der Waals surface area contributed by atoms with Crippen molar-refractivity contribution in [1.29, 1.82) is 0 Å². The van der Waals surface area contributed by atoms with Crippen molar-refractivity contribution < 1.29 is 14.3 Å². The van der Waals surface area contributed by atoms with Gasteiger partial charge in [0.25, 0.3) is 0 Å². The second-order valence-electron chi connectivity index (χ2n) is 7.65. The molecule has 2 aliphatic heterocycles. The number of rotatable bonds is 4. The zero-order chi connectivity index (χ0) is 17.6. The molecule has 1 atom stereocenters. The fourth-order valence-electron chi connectivity index (χ4n) is 3.30. The van der Waals surface area contributed by atoms with Crippen LogP contribution in [-0.4, -0.2) is 72.8 Å². The molecule has 2 heterocycles. The van der Waals surface area contributed by atoms with Crippen LogP contribution in [0.4, 0.5) is 9.59 Å². The van der Waals surface area contributed by atoms with Crippen molar-refractivity contribution in [1.82, 2.24) is 20.4 Å². The molecule has 2 N–H and O–H groups in total. The SMILES string of the molecule is CC(C)(C)OC(=O)NCCNC(=O)N1CCC[C@H](N2CCCC2)C1. The molecule has 0 aliphatic carbocycles. The number of nitrogens with one attached hydrogen (secondary N) is 2. The Kier molecular flexibility index (Phi) is 6.71. The van der Waals surface area contributed by atoms with Crippen LogP contribution >= 0.6 is 0 Å². The van der Waals surface area contributed by atoms with Crippen LogP contribution in [-0.2, 0) is 4.74 Å². The number of carbonyl (C=O) groups is 2. The monoisotopic (exact) mass is 340 g/mol. The summed E-state index contributed by atoms with van der Waals surface area (Å²) in [4.78, 5) is 28.2. The highest BCUT2D eigenvalue weighted by Crippen LogP contribution is 2.20. The molecule has 0 aromatic rings. The Balaban J connectivity index is 1.64. The Morgan fingerprint density at radius 3 is 2.38 bits per heavy atom. The second-order valence-corrected chi connectivity index (χ2v) is 7.65. The standard InChI is InChI=1S/C17H32N4O3/c1-17(2,3)24-16(23)19-9-8-18-15(22)21-12-6-7-14(13-21)20-10-4-5-11-20/h14H,4-13H2,1-3H3,(H,18,22)(H,19,23)/t14-/m0/s1. The van der Waals surface area contributed by atoms with Gasteiger partial charge in [0.2, 0.25) is 0 Å². The third-order valence-corrected chi connectivity index (χ3v) is 4.41. The van der Waals surface area contributed by atoms with E-state index in [4.69, 9.17) is 4.74 Å². The summed E-state index contributed by atoms with van der Waals surface area (Å²) < 4.78 is 5.15. The maximum absolute atomic E-state index is 12.3. The quantitative estimate of drug-likeness (QED) is 0.765. The zero-order valence-electron chi connectivity index (χ0n) is 15.3. The minimum Gasteiger partial charge on any atom is -0.444 e. The predicted octanol–water partition coefficient (Wildman–Crippen LogP) is 1.78. The molecule has 2 aliphatic rings. The second kappa shape index (κ2) is 8.55. The highest BCUT2D eigenvalue weighted by molar-refractivity contribution is 5.74. The summed E-state index contributed by atoms with van der Waals surface area (Å²) in [6.07, 6.45) is 4.34. The Morgan fingerprint density at radius 2 is 1.71 bits per heavy atom. The topological polar surface area (TPSA) is 73.9 Å². The third kappa shape index (κ3) is 6.19. The molecule has 0 aromatic carbocycles. The van der Waals surface area contributed by atoms with Gasteiger partial charge in [-0.05, 0) is 59.5 Å². The molecule has 0 spiro atoms. The number of carbonyl (C=O) groups excluding carboxylic acids is 2. The molecule has 0 saturated carbocycles. The molecule has 0 radical (unpaired) electrons. The van der Waals surface area contributed by atoms with Gasteiger partial charge < -0.3 is 20.3 Å². The number of amides is 3. The van der Waals surface area contributed by atoms with Crippen molar-refractivity contribution in [2.75, 3.05) is 39.3 Å². The normalized spacial score (nSPS) is 22.3. The van der Waals surface area contributed by atoms with E-state index in [0.717, 1.165) is 19.5 Å². The van der Waals surface area contributed by atoms with Gasteiger partial charge in [0, 0.05) is 32.2 Å². The molecule has 2 rings (SSSR count). The van der Waals surface area contributed by atoms with Gasteiger partial charge >= 0.3 is 12.1 Å². The van der Waals surface area contributed by atoms with Crippen molar-refractivity contribution in [2.45, 2.75) is 58.1 Å². The number of alkyl carbamates (subject to hydrolysis) is 1. The number of urea groups is 1. The van der Waals surface area contributed by atoms with Gasteiger partial charge in [-0.1, -0.05) is 0 Å². The summed E-state index contributed by atoms with van der Waals surface area (Å²) in [5.74, 6) is 0. The summed E-state index contributed by atoms with van der Waals surface area (Å²) in [6, 6.07) is 0.469. The predicted molar refractivity (Wildman–Crippen MR) is 93.0 cm³/mol. The van der Waals surface area contributed by atoms with E-state index in [1.807, 2.05) is 25.7 Å². The fraction of sp³-hybridized carbons (Fsp3) is 0.882. The first-order valence-electron chi connectivity index (χ1n) is 9.09. The van der Waals surface area contributed by atoms with Crippen LogP contribution in [0.3, 0.4) is 0 Å². The maximum atomic E-state index is 12.3. The Bertz CT molecular complexity index is 430. The number of piperidine rings is 1. The van der Waals surface area contributed by atoms with E-state index in [-0.39, 0.29) is 6.03 Å². The first-order valence-corrected chi connectivity index (χ1v) is 9.09. The Labute approximate surface area is 145 Å². The largest absolute Gasteiger partial charge is 0.444 e. The van der Waals surface area contributed by atoms with Crippen LogP contribution in [0, 0.1) is 0 Å². The average Bonchev–Trinajstić information content (AvgIpc) is 3.04. The van der Waals surface area contributed by atoms with Gasteiger partial charge in [0.1, 0.15) is 5.60 Å². The van der Waals surface area contributed by atoms with Crippen LogP contribution in [0.5, 0.6) is 0 Å². The van der Waals surface area contributed by atoms with E-state index in [1.54, 1.807) is 0 Å². The van der Waals surface area contributed by atoms with Gasteiger partial charge in [0.05, 0.1) is 0 Å². The summed E-state index contributed by atoms with van der Waals surface area (Å²) in [5.41, 5.74) is -0.508. The fourth-order valence-corrected chi connectivity index (χ4v) is 3.30. The van der Waals surface area contributed by atoms with Crippen molar-refractivity contribution in [3.05, 3.63) is 0 Å². The zero-order valence-corrected chi connectivity index (χ0v) is 15.3. The lowest BCUT2D eigenvalue weighted by atomic mass is 10.0. The van der Waals surface area contributed by atoms with Crippen LogP contribution in [0.1, 0.15) is 46.5 Å². The van der Waals surface area contributed by atoms with Gasteiger partial charge in [0.15, 0.2) is 0 Å². The van der Waals surface area contributed by atoms with Crippen molar-refractivity contribution in [3.63, 3.8) is 0 Å². The summed E-state index contributed by atoms with van der Waals surface area (Å²) >= 11 is 0. The molecule has 2 saturated heterocycles. The smallest absolute Gasteiger partial charge is 0.407 e. The number of ether oxygens (including phenoxy) is 1. The Hall–Kier alpha value is -1.50. The lowest BCUT2D eigenvalue weighted by molar-refractivity contribution is 0.0528. The molecule has 7 nitrogen and oxygen atoms in total. The highest BCUT2D eigenvalue weighted by atomic mass is 16.6. The minimum absolute atomic E-state index is 0.0371. The van der Waals surface area contributed by atoms with Crippen molar-refractivity contribution in [3.8, 4) is 0 Å². The van der Waals surface area contributed by atoms with E-state index < -0.39 is 11.7 Å². The molecule has 0 unspecified atom stereocenters. The molecule has 138 valence electrons. The van der Waals surface area contributed by atoms with E-state index in [0.29, 0.717) is 19.1 Å². The molecular formula is C17H32N4O3. The summed E-state index contributed by atoms with van der Waals surface area (Å²) in [7, 11) is 0. The molecule has 3 amide bonds.